The third-order valence-electron chi connectivity index (χ3n) is 3.85. The molecule has 0 amide bonds. The topological polar surface area (TPSA) is 23.5 Å². The highest BCUT2D eigenvalue weighted by atomic mass is 16.3. The lowest BCUT2D eigenvalue weighted by Crippen LogP contribution is -2.43. The second-order valence-corrected chi connectivity index (χ2v) is 5.63. The molecule has 0 bridgehead atoms. The second-order valence-electron chi connectivity index (χ2n) is 5.63. The van der Waals surface area contributed by atoms with Gasteiger partial charge in [0.25, 0.3) is 0 Å². The molecule has 0 spiro atoms. The predicted molar refractivity (Wildman–Crippen MR) is 74.0 cm³/mol. The summed E-state index contributed by atoms with van der Waals surface area (Å²) in [6.45, 7) is 12.9. The number of rotatable bonds is 7. The van der Waals surface area contributed by atoms with E-state index in [1.807, 2.05) is 12.2 Å². The van der Waals surface area contributed by atoms with Crippen LogP contribution in [-0.2, 0) is 0 Å². The zero-order valence-corrected chi connectivity index (χ0v) is 11.2. The summed E-state index contributed by atoms with van der Waals surface area (Å²) >= 11 is 0. The number of nitrogens with zero attached hydrogens (tertiary/aromatic N) is 1. The highest BCUT2D eigenvalue weighted by Gasteiger charge is 2.35. The molecule has 0 aliphatic heterocycles. The lowest BCUT2D eigenvalue weighted by molar-refractivity contribution is 0.0300. The molecule has 0 aromatic rings. The fourth-order valence-electron chi connectivity index (χ4n) is 3.15. The van der Waals surface area contributed by atoms with Crippen molar-refractivity contribution in [3.63, 3.8) is 0 Å². The average Bonchev–Trinajstić information content (AvgIpc) is 2.30. The van der Waals surface area contributed by atoms with E-state index in [9.17, 15) is 5.11 Å². The van der Waals surface area contributed by atoms with E-state index in [0.717, 1.165) is 38.4 Å². The van der Waals surface area contributed by atoms with Crippen LogP contribution in [-0.4, -0.2) is 36.2 Å². The van der Waals surface area contributed by atoms with Crippen LogP contribution in [0.15, 0.2) is 25.3 Å². The lowest BCUT2D eigenvalue weighted by atomic mass is 9.70. The van der Waals surface area contributed by atoms with Crippen LogP contribution in [0.2, 0.25) is 0 Å². The first kappa shape index (κ1) is 14.5. The summed E-state index contributed by atoms with van der Waals surface area (Å²) in [5.41, 5.74) is 0.101. The highest BCUT2D eigenvalue weighted by Crippen LogP contribution is 2.39. The van der Waals surface area contributed by atoms with Crippen LogP contribution in [0, 0.1) is 11.3 Å². The molecular formula is C15H27NO. The van der Waals surface area contributed by atoms with Crippen molar-refractivity contribution in [2.75, 3.05) is 26.2 Å². The van der Waals surface area contributed by atoms with Crippen LogP contribution in [0.1, 0.15) is 32.6 Å². The highest BCUT2D eigenvalue weighted by molar-refractivity contribution is 4.90. The summed E-state index contributed by atoms with van der Waals surface area (Å²) in [5.74, 6) is 0.741. The Morgan fingerprint density at radius 2 is 2.00 bits per heavy atom. The van der Waals surface area contributed by atoms with Gasteiger partial charge in [0, 0.05) is 31.7 Å². The van der Waals surface area contributed by atoms with E-state index >= 15 is 0 Å². The molecule has 0 radical (unpaired) electrons. The van der Waals surface area contributed by atoms with Gasteiger partial charge < -0.3 is 5.11 Å². The summed E-state index contributed by atoms with van der Waals surface area (Å²) in [5, 5.41) is 9.77. The van der Waals surface area contributed by atoms with Gasteiger partial charge in [-0.15, -0.1) is 13.2 Å². The van der Waals surface area contributed by atoms with Gasteiger partial charge in [-0.1, -0.05) is 31.9 Å². The van der Waals surface area contributed by atoms with Gasteiger partial charge in [0.1, 0.15) is 0 Å². The molecule has 0 aromatic heterocycles. The molecule has 1 rings (SSSR count). The van der Waals surface area contributed by atoms with E-state index in [1.54, 1.807) is 0 Å². The van der Waals surface area contributed by atoms with Gasteiger partial charge >= 0.3 is 0 Å². The third-order valence-corrected chi connectivity index (χ3v) is 3.85. The van der Waals surface area contributed by atoms with Crippen molar-refractivity contribution in [2.45, 2.75) is 32.6 Å². The molecular weight excluding hydrogens is 210 g/mol. The normalized spacial score (nSPS) is 29.2. The van der Waals surface area contributed by atoms with Crippen LogP contribution >= 0.6 is 0 Å². The van der Waals surface area contributed by atoms with Crippen LogP contribution in [0.5, 0.6) is 0 Å². The fraction of sp³-hybridized carbons (Fsp3) is 0.733. The van der Waals surface area contributed by atoms with Gasteiger partial charge in [0.05, 0.1) is 0 Å². The lowest BCUT2D eigenvalue weighted by Gasteiger charge is -2.41. The monoisotopic (exact) mass is 237 g/mol. The quantitative estimate of drug-likeness (QED) is 0.688. The number of hydrogen-bond acceptors (Lipinski definition) is 2. The Morgan fingerprint density at radius 1 is 1.35 bits per heavy atom. The van der Waals surface area contributed by atoms with Crippen LogP contribution in [0.3, 0.4) is 0 Å². The molecule has 1 aliphatic rings. The molecule has 1 N–H and O–H groups in total. The number of hydrogen-bond donors (Lipinski definition) is 1. The minimum absolute atomic E-state index is 0.101. The van der Waals surface area contributed by atoms with Gasteiger partial charge in [-0.3, -0.25) is 4.90 Å². The van der Waals surface area contributed by atoms with E-state index in [0.29, 0.717) is 6.61 Å². The van der Waals surface area contributed by atoms with Crippen LogP contribution in [0.4, 0.5) is 0 Å². The Bertz CT molecular complexity index is 241. The van der Waals surface area contributed by atoms with Gasteiger partial charge in [-0.25, -0.2) is 0 Å². The molecule has 1 saturated carbocycles. The largest absolute Gasteiger partial charge is 0.396 e. The van der Waals surface area contributed by atoms with E-state index in [-0.39, 0.29) is 5.41 Å². The molecule has 2 heteroatoms. The van der Waals surface area contributed by atoms with Crippen molar-refractivity contribution in [2.24, 2.45) is 11.3 Å². The SMILES string of the molecule is C=CCN(CC=C)CC1(CO)CCCC(C)C1. The summed E-state index contributed by atoms with van der Waals surface area (Å²) in [7, 11) is 0. The number of aliphatic hydroxyl groups is 1. The van der Waals surface area contributed by atoms with Crippen molar-refractivity contribution in [1.82, 2.24) is 4.90 Å². The first-order valence-corrected chi connectivity index (χ1v) is 6.71. The summed E-state index contributed by atoms with van der Waals surface area (Å²) in [6, 6.07) is 0. The fourth-order valence-corrected chi connectivity index (χ4v) is 3.15. The minimum atomic E-state index is 0.101. The summed E-state index contributed by atoms with van der Waals surface area (Å²) in [6.07, 6.45) is 8.72. The Morgan fingerprint density at radius 3 is 2.47 bits per heavy atom. The van der Waals surface area contributed by atoms with E-state index in [1.165, 1.54) is 12.8 Å². The van der Waals surface area contributed by atoms with Crippen molar-refractivity contribution in [1.29, 1.82) is 0 Å². The molecule has 0 saturated heterocycles. The predicted octanol–water partition coefficient (Wildman–Crippen LogP) is 2.85. The zero-order valence-electron chi connectivity index (χ0n) is 11.2. The maximum absolute atomic E-state index is 9.77. The Balaban J connectivity index is 2.64. The standard InChI is InChI=1S/C15H27NO/c1-4-9-16(10-5-2)12-15(13-17)8-6-7-14(3)11-15/h4-5,14,17H,1-2,6-13H2,3H3. The van der Waals surface area contributed by atoms with Gasteiger partial charge in [0.2, 0.25) is 0 Å². The molecule has 2 atom stereocenters. The Kier molecular flexibility index (Phi) is 5.93. The molecule has 0 aromatic carbocycles. The first-order valence-electron chi connectivity index (χ1n) is 6.71. The zero-order chi connectivity index (χ0) is 12.7. The summed E-state index contributed by atoms with van der Waals surface area (Å²) < 4.78 is 0. The first-order chi connectivity index (χ1) is 8.15. The van der Waals surface area contributed by atoms with E-state index < -0.39 is 0 Å². The Hall–Kier alpha value is -0.600. The van der Waals surface area contributed by atoms with E-state index in [2.05, 4.69) is 25.0 Å². The van der Waals surface area contributed by atoms with E-state index in [4.69, 9.17) is 0 Å². The maximum Gasteiger partial charge on any atom is 0.0499 e. The van der Waals surface area contributed by atoms with Crippen molar-refractivity contribution in [3.05, 3.63) is 25.3 Å². The third kappa shape index (κ3) is 4.29. The molecule has 1 fully saturated rings. The van der Waals surface area contributed by atoms with Crippen molar-refractivity contribution in [3.8, 4) is 0 Å². The molecule has 2 nitrogen and oxygen atoms in total. The molecule has 1 aliphatic carbocycles. The van der Waals surface area contributed by atoms with Crippen LogP contribution < -0.4 is 0 Å². The van der Waals surface area contributed by atoms with Gasteiger partial charge in [-0.05, 0) is 18.8 Å². The molecule has 98 valence electrons. The maximum atomic E-state index is 9.77. The smallest absolute Gasteiger partial charge is 0.0499 e. The van der Waals surface area contributed by atoms with Gasteiger partial charge in [0.15, 0.2) is 0 Å². The number of aliphatic hydroxyl groups excluding tert-OH is 1. The molecule has 17 heavy (non-hydrogen) atoms. The second kappa shape index (κ2) is 6.97. The summed E-state index contributed by atoms with van der Waals surface area (Å²) in [4.78, 5) is 2.33. The van der Waals surface area contributed by atoms with Crippen molar-refractivity contribution < 1.29 is 5.11 Å². The van der Waals surface area contributed by atoms with Crippen LogP contribution in [0.25, 0.3) is 0 Å². The van der Waals surface area contributed by atoms with Gasteiger partial charge in [-0.2, -0.15) is 0 Å². The van der Waals surface area contributed by atoms with Crippen molar-refractivity contribution >= 4 is 0 Å². The minimum Gasteiger partial charge on any atom is -0.396 e. The average molecular weight is 237 g/mol. The Labute approximate surface area is 106 Å². The molecule has 2 unspecified atom stereocenters. The molecule has 0 heterocycles.